The van der Waals surface area contributed by atoms with E-state index in [9.17, 15) is 13.9 Å². The van der Waals surface area contributed by atoms with Crippen LogP contribution in [-0.2, 0) is 6.42 Å². The molecule has 0 heterocycles. The summed E-state index contributed by atoms with van der Waals surface area (Å²) in [6.45, 7) is 3.61. The number of rotatable bonds is 4. The van der Waals surface area contributed by atoms with Crippen LogP contribution in [0.5, 0.6) is 0 Å². The Morgan fingerprint density at radius 2 is 2.00 bits per heavy atom. The van der Waals surface area contributed by atoms with Crippen molar-refractivity contribution in [2.75, 3.05) is 6.54 Å². The standard InChI is InChI=1S/C12H17F2NO/c1-8(2)12(16,7-15)6-9-4-3-5-10(13)11(9)14/h3-5,8,16H,6-7,15H2,1-2H3. The molecular formula is C12H17F2NO. The van der Waals surface area contributed by atoms with Crippen molar-refractivity contribution in [3.63, 3.8) is 0 Å². The van der Waals surface area contributed by atoms with Gasteiger partial charge in [0.1, 0.15) is 0 Å². The van der Waals surface area contributed by atoms with Gasteiger partial charge in [-0.2, -0.15) is 0 Å². The van der Waals surface area contributed by atoms with E-state index in [1.165, 1.54) is 12.1 Å². The van der Waals surface area contributed by atoms with Gasteiger partial charge in [0.05, 0.1) is 5.60 Å². The Bertz CT molecular complexity index is 368. The Kier molecular flexibility index (Phi) is 3.99. The monoisotopic (exact) mass is 229 g/mol. The fourth-order valence-corrected chi connectivity index (χ4v) is 1.53. The molecule has 16 heavy (non-hydrogen) atoms. The van der Waals surface area contributed by atoms with Crippen molar-refractivity contribution in [2.24, 2.45) is 11.7 Å². The van der Waals surface area contributed by atoms with Gasteiger partial charge in [0.25, 0.3) is 0 Å². The maximum atomic E-state index is 13.4. The highest BCUT2D eigenvalue weighted by Gasteiger charge is 2.30. The van der Waals surface area contributed by atoms with Crippen LogP contribution in [0.1, 0.15) is 19.4 Å². The molecule has 90 valence electrons. The molecule has 1 atom stereocenters. The summed E-state index contributed by atoms with van der Waals surface area (Å²) < 4.78 is 26.4. The summed E-state index contributed by atoms with van der Waals surface area (Å²) in [4.78, 5) is 0. The Labute approximate surface area is 94.1 Å². The maximum absolute atomic E-state index is 13.4. The number of aliphatic hydroxyl groups is 1. The summed E-state index contributed by atoms with van der Waals surface area (Å²) in [6.07, 6.45) is 0.0186. The quantitative estimate of drug-likeness (QED) is 0.827. The Balaban J connectivity index is 2.99. The second-order valence-electron chi connectivity index (χ2n) is 4.35. The minimum absolute atomic E-state index is 0.0145. The van der Waals surface area contributed by atoms with Gasteiger partial charge in [-0.25, -0.2) is 8.78 Å². The third kappa shape index (κ3) is 2.57. The Hall–Kier alpha value is -1.00. The minimum Gasteiger partial charge on any atom is -0.388 e. The molecule has 1 aromatic rings. The van der Waals surface area contributed by atoms with E-state index < -0.39 is 17.2 Å². The highest BCUT2D eigenvalue weighted by Crippen LogP contribution is 2.23. The average Bonchev–Trinajstić information content (AvgIpc) is 2.24. The summed E-state index contributed by atoms with van der Waals surface area (Å²) in [5, 5.41) is 10.2. The van der Waals surface area contributed by atoms with Crippen LogP contribution >= 0.6 is 0 Å². The van der Waals surface area contributed by atoms with Crippen LogP contribution in [0, 0.1) is 17.6 Å². The number of benzene rings is 1. The predicted molar refractivity (Wildman–Crippen MR) is 58.9 cm³/mol. The number of halogens is 2. The van der Waals surface area contributed by atoms with Crippen molar-refractivity contribution in [3.8, 4) is 0 Å². The van der Waals surface area contributed by atoms with E-state index in [1.54, 1.807) is 13.8 Å². The molecule has 0 spiro atoms. The molecule has 0 aliphatic heterocycles. The lowest BCUT2D eigenvalue weighted by atomic mass is 9.84. The van der Waals surface area contributed by atoms with E-state index in [0.717, 1.165) is 6.07 Å². The van der Waals surface area contributed by atoms with Crippen LogP contribution in [-0.4, -0.2) is 17.3 Å². The van der Waals surface area contributed by atoms with Crippen LogP contribution in [0.3, 0.4) is 0 Å². The zero-order chi connectivity index (χ0) is 12.3. The third-order valence-electron chi connectivity index (χ3n) is 2.96. The highest BCUT2D eigenvalue weighted by molar-refractivity contribution is 5.21. The van der Waals surface area contributed by atoms with Gasteiger partial charge >= 0.3 is 0 Å². The lowest BCUT2D eigenvalue weighted by Crippen LogP contribution is -2.45. The van der Waals surface area contributed by atoms with E-state index in [4.69, 9.17) is 5.73 Å². The number of nitrogens with two attached hydrogens (primary N) is 1. The SMILES string of the molecule is CC(C)C(O)(CN)Cc1cccc(F)c1F. The van der Waals surface area contributed by atoms with E-state index in [1.807, 2.05) is 0 Å². The van der Waals surface area contributed by atoms with Gasteiger partial charge in [0.15, 0.2) is 11.6 Å². The topological polar surface area (TPSA) is 46.2 Å². The molecule has 3 N–H and O–H groups in total. The molecule has 0 saturated carbocycles. The summed E-state index contributed by atoms with van der Waals surface area (Å²) in [6, 6.07) is 3.93. The van der Waals surface area contributed by atoms with Crippen molar-refractivity contribution in [3.05, 3.63) is 35.4 Å². The van der Waals surface area contributed by atoms with Gasteiger partial charge in [-0.05, 0) is 17.5 Å². The fourth-order valence-electron chi connectivity index (χ4n) is 1.53. The fraction of sp³-hybridized carbons (Fsp3) is 0.500. The van der Waals surface area contributed by atoms with Crippen LogP contribution in [0.15, 0.2) is 18.2 Å². The molecule has 0 aliphatic carbocycles. The van der Waals surface area contributed by atoms with E-state index in [0.29, 0.717) is 0 Å². The number of hydrogen-bond acceptors (Lipinski definition) is 2. The molecule has 0 radical (unpaired) electrons. The van der Waals surface area contributed by atoms with Crippen molar-refractivity contribution >= 4 is 0 Å². The van der Waals surface area contributed by atoms with Crippen LogP contribution in [0.25, 0.3) is 0 Å². The molecule has 0 bridgehead atoms. The van der Waals surface area contributed by atoms with Crippen molar-refractivity contribution in [1.82, 2.24) is 0 Å². The summed E-state index contributed by atoms with van der Waals surface area (Å²) >= 11 is 0. The maximum Gasteiger partial charge on any atom is 0.162 e. The van der Waals surface area contributed by atoms with E-state index in [2.05, 4.69) is 0 Å². The van der Waals surface area contributed by atoms with Gasteiger partial charge in [-0.15, -0.1) is 0 Å². The molecule has 0 amide bonds. The molecule has 1 aromatic carbocycles. The Morgan fingerprint density at radius 1 is 1.38 bits per heavy atom. The van der Waals surface area contributed by atoms with Crippen molar-refractivity contribution in [1.29, 1.82) is 0 Å². The summed E-state index contributed by atoms with van der Waals surface area (Å²) in [5.41, 5.74) is 4.43. The molecule has 0 saturated heterocycles. The summed E-state index contributed by atoms with van der Waals surface area (Å²) in [5.74, 6) is -1.93. The van der Waals surface area contributed by atoms with Crippen molar-refractivity contribution in [2.45, 2.75) is 25.9 Å². The van der Waals surface area contributed by atoms with Crippen molar-refractivity contribution < 1.29 is 13.9 Å². The molecule has 2 nitrogen and oxygen atoms in total. The molecule has 0 fully saturated rings. The molecule has 4 heteroatoms. The lowest BCUT2D eigenvalue weighted by Gasteiger charge is -2.31. The largest absolute Gasteiger partial charge is 0.388 e. The zero-order valence-corrected chi connectivity index (χ0v) is 9.50. The minimum atomic E-state index is -1.20. The highest BCUT2D eigenvalue weighted by atomic mass is 19.2. The molecule has 1 rings (SSSR count). The first kappa shape index (κ1) is 13.1. The predicted octanol–water partition coefficient (Wildman–Crippen LogP) is 1.85. The van der Waals surface area contributed by atoms with Gasteiger partial charge in [0.2, 0.25) is 0 Å². The smallest absolute Gasteiger partial charge is 0.162 e. The van der Waals surface area contributed by atoms with Gasteiger partial charge < -0.3 is 10.8 Å². The average molecular weight is 229 g/mol. The molecular weight excluding hydrogens is 212 g/mol. The van der Waals surface area contributed by atoms with Gasteiger partial charge in [-0.3, -0.25) is 0 Å². The zero-order valence-electron chi connectivity index (χ0n) is 9.50. The second kappa shape index (κ2) is 4.89. The molecule has 0 aromatic heterocycles. The van der Waals surface area contributed by atoms with E-state index in [-0.39, 0.29) is 24.4 Å². The first-order valence-corrected chi connectivity index (χ1v) is 5.26. The van der Waals surface area contributed by atoms with Gasteiger partial charge in [0, 0.05) is 13.0 Å². The van der Waals surface area contributed by atoms with E-state index >= 15 is 0 Å². The molecule has 0 aliphatic rings. The lowest BCUT2D eigenvalue weighted by molar-refractivity contribution is 0.00327. The second-order valence-corrected chi connectivity index (χ2v) is 4.35. The summed E-state index contributed by atoms with van der Waals surface area (Å²) in [7, 11) is 0. The van der Waals surface area contributed by atoms with Gasteiger partial charge in [-0.1, -0.05) is 26.0 Å². The normalized spacial score (nSPS) is 15.2. The molecule has 1 unspecified atom stereocenters. The first-order valence-electron chi connectivity index (χ1n) is 5.26. The third-order valence-corrected chi connectivity index (χ3v) is 2.96. The van der Waals surface area contributed by atoms with Crippen LogP contribution < -0.4 is 5.73 Å². The Morgan fingerprint density at radius 3 is 2.50 bits per heavy atom. The first-order chi connectivity index (χ1) is 7.40. The van der Waals surface area contributed by atoms with Crippen LogP contribution in [0.4, 0.5) is 8.78 Å². The number of hydrogen-bond donors (Lipinski definition) is 2. The van der Waals surface area contributed by atoms with Crippen LogP contribution in [0.2, 0.25) is 0 Å².